The molecule has 1 saturated heterocycles. The highest BCUT2D eigenvalue weighted by molar-refractivity contribution is 5.94. The fourth-order valence-corrected chi connectivity index (χ4v) is 2.18. The van der Waals surface area contributed by atoms with Crippen LogP contribution in [-0.4, -0.2) is 42.2 Å². The Morgan fingerprint density at radius 1 is 1.39 bits per heavy atom. The zero-order chi connectivity index (χ0) is 13.1. The van der Waals surface area contributed by atoms with Crippen molar-refractivity contribution in [3.8, 4) is 5.75 Å². The lowest BCUT2D eigenvalue weighted by Gasteiger charge is -2.31. The van der Waals surface area contributed by atoms with E-state index in [4.69, 9.17) is 4.74 Å². The maximum atomic E-state index is 12.3. The zero-order valence-corrected chi connectivity index (χ0v) is 10.8. The Labute approximate surface area is 107 Å². The summed E-state index contributed by atoms with van der Waals surface area (Å²) in [5.74, 6) is 0.124. The van der Waals surface area contributed by atoms with Crippen LogP contribution in [-0.2, 0) is 4.74 Å². The predicted octanol–water partition coefficient (Wildman–Crippen LogP) is 1.95. The predicted molar refractivity (Wildman–Crippen MR) is 68.8 cm³/mol. The number of rotatable bonds is 2. The van der Waals surface area contributed by atoms with Crippen LogP contribution in [0.5, 0.6) is 5.75 Å². The van der Waals surface area contributed by atoms with Crippen LogP contribution in [0.4, 0.5) is 0 Å². The first kappa shape index (κ1) is 12.9. The van der Waals surface area contributed by atoms with E-state index in [-0.39, 0.29) is 17.7 Å². The van der Waals surface area contributed by atoms with Gasteiger partial charge in [0.05, 0.1) is 0 Å². The second-order valence-corrected chi connectivity index (χ2v) is 4.76. The molecule has 1 N–H and O–H groups in total. The number of benzene rings is 1. The topological polar surface area (TPSA) is 49.8 Å². The van der Waals surface area contributed by atoms with Crippen molar-refractivity contribution < 1.29 is 14.6 Å². The van der Waals surface area contributed by atoms with Crippen LogP contribution in [0.3, 0.4) is 0 Å². The number of phenols is 1. The Bertz CT molecular complexity index is 439. The van der Waals surface area contributed by atoms with E-state index in [1.54, 1.807) is 17.0 Å². The Morgan fingerprint density at radius 2 is 2.06 bits per heavy atom. The number of ether oxygens (including phenoxy) is 1. The number of aromatic hydroxyl groups is 1. The van der Waals surface area contributed by atoms with E-state index in [1.807, 2.05) is 14.0 Å². The zero-order valence-electron chi connectivity index (χ0n) is 10.8. The number of nitrogens with zero attached hydrogens (tertiary/aromatic N) is 1. The average molecular weight is 249 g/mol. The van der Waals surface area contributed by atoms with Gasteiger partial charge in [-0.25, -0.2) is 0 Å². The molecule has 1 aromatic carbocycles. The molecule has 1 amide bonds. The van der Waals surface area contributed by atoms with Gasteiger partial charge < -0.3 is 14.7 Å². The summed E-state index contributed by atoms with van der Waals surface area (Å²) in [7, 11) is 1.81. The molecule has 1 fully saturated rings. The fraction of sp³-hybridized carbons (Fsp3) is 0.500. The van der Waals surface area contributed by atoms with Crippen LogP contribution in [0.25, 0.3) is 0 Å². The van der Waals surface area contributed by atoms with E-state index in [2.05, 4.69) is 0 Å². The van der Waals surface area contributed by atoms with Crippen LogP contribution >= 0.6 is 0 Å². The van der Waals surface area contributed by atoms with Crippen molar-refractivity contribution in [1.29, 1.82) is 0 Å². The summed E-state index contributed by atoms with van der Waals surface area (Å²) in [6.45, 7) is 3.23. The molecule has 0 atom stereocenters. The molecule has 0 aromatic heterocycles. The molecule has 18 heavy (non-hydrogen) atoms. The Kier molecular flexibility index (Phi) is 3.87. The monoisotopic (exact) mass is 249 g/mol. The highest BCUT2D eigenvalue weighted by Crippen LogP contribution is 2.20. The lowest BCUT2D eigenvalue weighted by Crippen LogP contribution is -2.40. The van der Waals surface area contributed by atoms with E-state index in [1.165, 1.54) is 6.07 Å². The van der Waals surface area contributed by atoms with Gasteiger partial charge >= 0.3 is 0 Å². The van der Waals surface area contributed by atoms with E-state index < -0.39 is 0 Å². The van der Waals surface area contributed by atoms with Crippen molar-refractivity contribution >= 4 is 5.91 Å². The molecule has 0 bridgehead atoms. The van der Waals surface area contributed by atoms with E-state index in [0.717, 1.165) is 18.4 Å². The van der Waals surface area contributed by atoms with Crippen molar-refractivity contribution in [2.24, 2.45) is 0 Å². The summed E-state index contributed by atoms with van der Waals surface area (Å²) in [5.41, 5.74) is 1.31. The molecule has 0 aliphatic carbocycles. The maximum Gasteiger partial charge on any atom is 0.253 e. The largest absolute Gasteiger partial charge is 0.508 e. The summed E-state index contributed by atoms with van der Waals surface area (Å²) in [6, 6.07) is 5.29. The molecule has 1 aliphatic rings. The normalized spacial score (nSPS) is 16.6. The van der Waals surface area contributed by atoms with Gasteiger partial charge in [-0.3, -0.25) is 4.79 Å². The van der Waals surface area contributed by atoms with Gasteiger partial charge in [0.15, 0.2) is 0 Å². The lowest BCUT2D eigenvalue weighted by atomic mass is 10.1. The minimum Gasteiger partial charge on any atom is -0.508 e. The van der Waals surface area contributed by atoms with E-state index in [9.17, 15) is 9.90 Å². The molecule has 0 saturated carbocycles. The van der Waals surface area contributed by atoms with Gasteiger partial charge in [-0.05, 0) is 37.5 Å². The summed E-state index contributed by atoms with van der Waals surface area (Å²) in [4.78, 5) is 14.0. The van der Waals surface area contributed by atoms with E-state index >= 15 is 0 Å². The molecule has 1 aliphatic heterocycles. The highest BCUT2D eigenvalue weighted by atomic mass is 16.5. The minimum absolute atomic E-state index is 0.0443. The Morgan fingerprint density at radius 3 is 2.67 bits per heavy atom. The van der Waals surface area contributed by atoms with Gasteiger partial charge in [0.1, 0.15) is 5.75 Å². The van der Waals surface area contributed by atoms with E-state index in [0.29, 0.717) is 18.8 Å². The molecule has 4 nitrogen and oxygen atoms in total. The average Bonchev–Trinajstić information content (AvgIpc) is 2.41. The molecule has 0 spiro atoms. The van der Waals surface area contributed by atoms with Gasteiger partial charge in [-0.2, -0.15) is 0 Å². The first-order chi connectivity index (χ1) is 8.59. The highest BCUT2D eigenvalue weighted by Gasteiger charge is 2.23. The summed E-state index contributed by atoms with van der Waals surface area (Å²) in [5, 5.41) is 9.65. The third-order valence-electron chi connectivity index (χ3n) is 3.51. The third kappa shape index (κ3) is 2.64. The van der Waals surface area contributed by atoms with Crippen molar-refractivity contribution in [2.45, 2.75) is 25.8 Å². The second kappa shape index (κ2) is 5.40. The molecular weight excluding hydrogens is 230 g/mol. The van der Waals surface area contributed by atoms with Crippen LogP contribution in [0.1, 0.15) is 28.8 Å². The molecule has 1 aromatic rings. The molecule has 98 valence electrons. The second-order valence-electron chi connectivity index (χ2n) is 4.76. The van der Waals surface area contributed by atoms with Crippen molar-refractivity contribution in [3.63, 3.8) is 0 Å². The number of aryl methyl sites for hydroxylation is 1. The number of hydrogen-bond donors (Lipinski definition) is 1. The van der Waals surface area contributed by atoms with Crippen molar-refractivity contribution in [3.05, 3.63) is 29.3 Å². The first-order valence-corrected chi connectivity index (χ1v) is 6.24. The lowest BCUT2D eigenvalue weighted by molar-refractivity contribution is 0.0362. The molecule has 4 heteroatoms. The van der Waals surface area contributed by atoms with Crippen LogP contribution in [0.15, 0.2) is 18.2 Å². The van der Waals surface area contributed by atoms with Crippen molar-refractivity contribution in [1.82, 2.24) is 4.90 Å². The maximum absolute atomic E-state index is 12.3. The fourth-order valence-electron chi connectivity index (χ4n) is 2.18. The summed E-state index contributed by atoms with van der Waals surface area (Å²) < 4.78 is 5.29. The minimum atomic E-state index is -0.0443. The van der Waals surface area contributed by atoms with Gasteiger partial charge in [0, 0.05) is 31.9 Å². The number of phenolic OH excluding ortho intramolecular Hbond substituents is 1. The number of hydrogen-bond acceptors (Lipinski definition) is 3. The van der Waals surface area contributed by atoms with Crippen LogP contribution in [0.2, 0.25) is 0 Å². The molecule has 1 heterocycles. The number of carbonyl (C=O) groups excluding carboxylic acids is 1. The molecule has 0 unspecified atom stereocenters. The summed E-state index contributed by atoms with van der Waals surface area (Å²) >= 11 is 0. The van der Waals surface area contributed by atoms with Crippen molar-refractivity contribution in [2.75, 3.05) is 20.3 Å². The van der Waals surface area contributed by atoms with Gasteiger partial charge in [-0.1, -0.05) is 6.07 Å². The molecular formula is C14H19NO3. The molecule has 2 rings (SSSR count). The standard InChI is InChI=1S/C14H19NO3/c1-10-3-4-11(9-13(10)16)14(17)15(2)12-5-7-18-8-6-12/h3-4,9,12,16H,5-8H2,1-2H3. The number of carbonyl (C=O) groups is 1. The van der Waals surface area contributed by atoms with Gasteiger partial charge in [0.25, 0.3) is 5.91 Å². The smallest absolute Gasteiger partial charge is 0.253 e. The first-order valence-electron chi connectivity index (χ1n) is 6.24. The quantitative estimate of drug-likeness (QED) is 0.871. The van der Waals surface area contributed by atoms with Gasteiger partial charge in [0.2, 0.25) is 0 Å². The van der Waals surface area contributed by atoms with Crippen LogP contribution < -0.4 is 0 Å². The third-order valence-corrected chi connectivity index (χ3v) is 3.51. The number of amides is 1. The SMILES string of the molecule is Cc1ccc(C(=O)N(C)C2CCOCC2)cc1O. The molecule has 0 radical (unpaired) electrons. The Balaban J connectivity index is 2.11. The van der Waals surface area contributed by atoms with Gasteiger partial charge in [-0.15, -0.1) is 0 Å². The van der Waals surface area contributed by atoms with Crippen LogP contribution in [0, 0.1) is 6.92 Å². The Hall–Kier alpha value is -1.55. The summed E-state index contributed by atoms with van der Waals surface area (Å²) in [6.07, 6.45) is 1.75.